The van der Waals surface area contributed by atoms with E-state index in [1.165, 1.54) is 17.9 Å². The van der Waals surface area contributed by atoms with Gasteiger partial charge >= 0.3 is 5.97 Å². The lowest BCUT2D eigenvalue weighted by Gasteiger charge is -2.33. The quantitative estimate of drug-likeness (QED) is 0.727. The molecule has 1 aliphatic heterocycles. The van der Waals surface area contributed by atoms with Crippen LogP contribution in [0.5, 0.6) is 0 Å². The maximum atomic E-state index is 12.2. The number of nitrogens with zero attached hydrogens (tertiary/aromatic N) is 5. The Kier molecular flexibility index (Phi) is 5.00. The summed E-state index contributed by atoms with van der Waals surface area (Å²) in [5, 5.41) is 16.2. The number of sulfonamides is 1. The molecule has 0 radical (unpaired) electrons. The van der Waals surface area contributed by atoms with Gasteiger partial charge in [-0.1, -0.05) is 5.21 Å². The van der Waals surface area contributed by atoms with Crippen molar-refractivity contribution in [3.8, 4) is 0 Å². The SMILES string of the molecule is CN(CC(=O)N1CCCC(n2cc(C(=O)O)nn2)C1)S(C)(=O)=O. The number of likely N-dealkylation sites (N-methyl/N-ethyl adjacent to an activating group) is 1. The summed E-state index contributed by atoms with van der Waals surface area (Å²) in [4.78, 5) is 24.6. The summed E-state index contributed by atoms with van der Waals surface area (Å²) >= 11 is 0. The van der Waals surface area contributed by atoms with Crippen molar-refractivity contribution in [2.45, 2.75) is 18.9 Å². The molecule has 1 unspecified atom stereocenters. The molecular weight excluding hydrogens is 326 g/mol. The number of carboxylic acid groups (broad SMARTS) is 1. The van der Waals surface area contributed by atoms with Gasteiger partial charge in [-0.05, 0) is 12.8 Å². The van der Waals surface area contributed by atoms with E-state index in [-0.39, 0.29) is 24.2 Å². The van der Waals surface area contributed by atoms with Gasteiger partial charge in [-0.2, -0.15) is 4.31 Å². The Morgan fingerprint density at radius 1 is 1.48 bits per heavy atom. The van der Waals surface area contributed by atoms with Gasteiger partial charge in [0.2, 0.25) is 15.9 Å². The van der Waals surface area contributed by atoms with Crippen LogP contribution in [0, 0.1) is 0 Å². The van der Waals surface area contributed by atoms with Gasteiger partial charge in [0.1, 0.15) is 0 Å². The van der Waals surface area contributed by atoms with E-state index in [4.69, 9.17) is 5.11 Å². The van der Waals surface area contributed by atoms with E-state index in [2.05, 4.69) is 10.3 Å². The van der Waals surface area contributed by atoms with Gasteiger partial charge in [0.15, 0.2) is 5.69 Å². The highest BCUT2D eigenvalue weighted by molar-refractivity contribution is 7.88. The number of amides is 1. The van der Waals surface area contributed by atoms with E-state index in [1.54, 1.807) is 4.90 Å². The predicted molar refractivity (Wildman–Crippen MR) is 79.3 cm³/mol. The highest BCUT2D eigenvalue weighted by Crippen LogP contribution is 2.21. The van der Waals surface area contributed by atoms with Crippen molar-refractivity contribution < 1.29 is 23.1 Å². The maximum absolute atomic E-state index is 12.2. The number of rotatable bonds is 5. The molecule has 1 amide bonds. The van der Waals surface area contributed by atoms with Gasteiger partial charge in [0.05, 0.1) is 25.0 Å². The van der Waals surface area contributed by atoms with Gasteiger partial charge in [-0.3, -0.25) is 4.79 Å². The largest absolute Gasteiger partial charge is 0.476 e. The Morgan fingerprint density at radius 2 is 2.17 bits per heavy atom. The zero-order chi connectivity index (χ0) is 17.2. The number of piperidine rings is 1. The zero-order valence-electron chi connectivity index (χ0n) is 12.9. The van der Waals surface area contributed by atoms with Gasteiger partial charge in [0.25, 0.3) is 0 Å². The third-order valence-electron chi connectivity index (χ3n) is 3.78. The fourth-order valence-electron chi connectivity index (χ4n) is 2.36. The average Bonchev–Trinajstić information content (AvgIpc) is 2.96. The lowest BCUT2D eigenvalue weighted by atomic mass is 10.1. The van der Waals surface area contributed by atoms with Crippen molar-refractivity contribution in [3.05, 3.63) is 11.9 Å². The number of carboxylic acids is 1. The van der Waals surface area contributed by atoms with Crippen LogP contribution in [0.1, 0.15) is 29.4 Å². The second-order valence-electron chi connectivity index (χ2n) is 5.54. The Bertz CT molecular complexity index is 700. The van der Waals surface area contributed by atoms with Crippen molar-refractivity contribution in [3.63, 3.8) is 0 Å². The van der Waals surface area contributed by atoms with Crippen LogP contribution in [0.4, 0.5) is 0 Å². The van der Waals surface area contributed by atoms with Gasteiger partial charge in [-0.15, -0.1) is 5.10 Å². The zero-order valence-corrected chi connectivity index (χ0v) is 13.7. The Morgan fingerprint density at radius 3 is 2.74 bits per heavy atom. The molecule has 1 aliphatic rings. The molecule has 1 fully saturated rings. The van der Waals surface area contributed by atoms with E-state index < -0.39 is 16.0 Å². The van der Waals surface area contributed by atoms with E-state index in [9.17, 15) is 18.0 Å². The molecule has 1 aromatic rings. The smallest absolute Gasteiger partial charge is 0.358 e. The number of likely N-dealkylation sites (tertiary alicyclic amines) is 1. The highest BCUT2D eigenvalue weighted by atomic mass is 32.2. The van der Waals surface area contributed by atoms with Crippen LogP contribution in [0.2, 0.25) is 0 Å². The number of hydrogen-bond donors (Lipinski definition) is 1. The van der Waals surface area contributed by atoms with Crippen molar-refractivity contribution in [2.24, 2.45) is 0 Å². The molecule has 0 aromatic carbocycles. The molecule has 0 bridgehead atoms. The monoisotopic (exact) mass is 345 g/mol. The van der Waals surface area contributed by atoms with Crippen LogP contribution >= 0.6 is 0 Å². The van der Waals surface area contributed by atoms with Crippen LogP contribution in [0.3, 0.4) is 0 Å². The molecule has 1 saturated heterocycles. The van der Waals surface area contributed by atoms with E-state index in [0.29, 0.717) is 13.1 Å². The molecule has 11 heteroatoms. The topological polar surface area (TPSA) is 126 Å². The number of aromatic carboxylic acids is 1. The molecule has 10 nitrogen and oxygen atoms in total. The summed E-state index contributed by atoms with van der Waals surface area (Å²) in [6, 6.07) is -0.170. The molecule has 0 saturated carbocycles. The molecule has 0 aliphatic carbocycles. The summed E-state index contributed by atoms with van der Waals surface area (Å²) in [6.07, 6.45) is 3.85. The molecule has 2 rings (SSSR count). The third kappa shape index (κ3) is 4.26. The second-order valence-corrected chi connectivity index (χ2v) is 7.63. The summed E-state index contributed by atoms with van der Waals surface area (Å²) < 4.78 is 25.2. The highest BCUT2D eigenvalue weighted by Gasteiger charge is 2.27. The first kappa shape index (κ1) is 17.3. The molecule has 0 spiro atoms. The first-order valence-corrected chi connectivity index (χ1v) is 8.87. The van der Waals surface area contributed by atoms with Crippen molar-refractivity contribution in [1.29, 1.82) is 0 Å². The van der Waals surface area contributed by atoms with Crippen LogP contribution in [0.25, 0.3) is 0 Å². The minimum Gasteiger partial charge on any atom is -0.476 e. The Balaban J connectivity index is 2.02. The van der Waals surface area contributed by atoms with Crippen LogP contribution in [0.15, 0.2) is 6.20 Å². The number of carbonyl (C=O) groups is 2. The summed E-state index contributed by atoms with van der Waals surface area (Å²) in [7, 11) is -2.06. The first-order valence-electron chi connectivity index (χ1n) is 7.02. The number of hydrogen-bond acceptors (Lipinski definition) is 6. The van der Waals surface area contributed by atoms with Gasteiger partial charge in [0, 0.05) is 20.1 Å². The molecule has 23 heavy (non-hydrogen) atoms. The van der Waals surface area contributed by atoms with Crippen LogP contribution in [-0.4, -0.2) is 82.5 Å². The lowest BCUT2D eigenvalue weighted by Crippen LogP contribution is -2.45. The molecule has 128 valence electrons. The predicted octanol–water partition coefficient (Wildman–Crippen LogP) is -0.969. The minimum absolute atomic E-state index is 0.148. The lowest BCUT2D eigenvalue weighted by molar-refractivity contribution is -0.132. The van der Waals surface area contributed by atoms with E-state index in [0.717, 1.165) is 23.4 Å². The minimum atomic E-state index is -3.42. The summed E-state index contributed by atoms with van der Waals surface area (Å²) in [5.41, 5.74) is -0.148. The Labute approximate surface area is 133 Å². The van der Waals surface area contributed by atoms with E-state index >= 15 is 0 Å². The fraction of sp³-hybridized carbons (Fsp3) is 0.667. The van der Waals surface area contributed by atoms with Crippen LogP contribution < -0.4 is 0 Å². The average molecular weight is 345 g/mol. The number of aromatic nitrogens is 3. The standard InChI is InChI=1S/C12H19N5O5S/c1-15(23(2,21)22)8-11(18)16-5-3-4-9(6-16)17-7-10(12(19)20)13-14-17/h7,9H,3-6,8H2,1-2H3,(H,19,20). The van der Waals surface area contributed by atoms with E-state index in [1.807, 2.05) is 0 Å². The molecule has 2 heterocycles. The fourth-order valence-corrected chi connectivity index (χ4v) is 2.70. The molecule has 1 aromatic heterocycles. The molecule has 1 atom stereocenters. The van der Waals surface area contributed by atoms with Gasteiger partial charge in [-0.25, -0.2) is 17.9 Å². The third-order valence-corrected chi connectivity index (χ3v) is 5.04. The summed E-state index contributed by atoms with van der Waals surface area (Å²) in [5.74, 6) is -1.45. The molecular formula is C12H19N5O5S. The molecule has 1 N–H and O–H groups in total. The van der Waals surface area contributed by atoms with Crippen LogP contribution in [-0.2, 0) is 14.8 Å². The normalized spacial score (nSPS) is 19.1. The van der Waals surface area contributed by atoms with Crippen molar-refractivity contribution in [1.82, 2.24) is 24.2 Å². The summed E-state index contributed by atoms with van der Waals surface area (Å²) in [6.45, 7) is 0.662. The van der Waals surface area contributed by atoms with Gasteiger partial charge < -0.3 is 10.0 Å². The first-order chi connectivity index (χ1) is 10.7. The maximum Gasteiger partial charge on any atom is 0.358 e. The number of carbonyl (C=O) groups excluding carboxylic acids is 1. The Hall–Kier alpha value is -2.01. The van der Waals surface area contributed by atoms with Crippen molar-refractivity contribution in [2.75, 3.05) is 32.9 Å². The van der Waals surface area contributed by atoms with Crippen molar-refractivity contribution >= 4 is 21.9 Å². The second kappa shape index (κ2) is 6.62.